The van der Waals surface area contributed by atoms with Gasteiger partial charge in [-0.3, -0.25) is 4.79 Å². The molecule has 2 rings (SSSR count). The molecule has 2 atom stereocenters. The largest absolute Gasteiger partial charge is 0.480 e. The molecule has 1 N–H and O–H groups in total. The standard InChI is InChI=1S/C15H18ClNO3S/c1-2-3-7-13(18)17-12(15(19)20)9-21-14(17)10-5-4-6-11(16)8-10/h4-6,8,12,14H,2-3,7,9H2,1H3,(H,19,20). The lowest BCUT2D eigenvalue weighted by Crippen LogP contribution is -2.42. The van der Waals surface area contributed by atoms with Crippen LogP contribution in [0, 0.1) is 0 Å². The first-order valence-corrected chi connectivity index (χ1v) is 8.38. The summed E-state index contributed by atoms with van der Waals surface area (Å²) in [4.78, 5) is 25.3. The molecule has 1 aliphatic rings. The molecule has 1 aliphatic heterocycles. The Morgan fingerprint density at radius 1 is 1.48 bits per heavy atom. The van der Waals surface area contributed by atoms with Crippen LogP contribution in [0.25, 0.3) is 0 Å². The van der Waals surface area contributed by atoms with Gasteiger partial charge in [-0.1, -0.05) is 37.1 Å². The van der Waals surface area contributed by atoms with Crippen LogP contribution in [0.5, 0.6) is 0 Å². The van der Waals surface area contributed by atoms with E-state index in [9.17, 15) is 14.7 Å². The molecule has 0 radical (unpaired) electrons. The highest BCUT2D eigenvalue weighted by Crippen LogP contribution is 2.42. The van der Waals surface area contributed by atoms with E-state index in [0.29, 0.717) is 17.2 Å². The number of carbonyl (C=O) groups is 2. The van der Waals surface area contributed by atoms with Crippen molar-refractivity contribution < 1.29 is 14.7 Å². The number of rotatable bonds is 5. The molecular formula is C15H18ClNO3S. The van der Waals surface area contributed by atoms with Gasteiger partial charge in [-0.25, -0.2) is 4.79 Å². The van der Waals surface area contributed by atoms with Crippen LogP contribution in [0.2, 0.25) is 5.02 Å². The average molecular weight is 328 g/mol. The second-order valence-electron chi connectivity index (χ2n) is 5.00. The molecule has 21 heavy (non-hydrogen) atoms. The Hall–Kier alpha value is -1.20. The molecule has 2 unspecified atom stereocenters. The van der Waals surface area contributed by atoms with E-state index in [2.05, 4.69) is 0 Å². The summed E-state index contributed by atoms with van der Waals surface area (Å²) in [5.74, 6) is -0.638. The van der Waals surface area contributed by atoms with Gasteiger partial charge < -0.3 is 10.0 Å². The number of carbonyl (C=O) groups excluding carboxylic acids is 1. The summed E-state index contributed by atoms with van der Waals surface area (Å²) in [6, 6.07) is 6.50. The fourth-order valence-electron chi connectivity index (χ4n) is 2.38. The SMILES string of the molecule is CCCCC(=O)N1C(C(=O)O)CSC1c1cccc(Cl)c1. The lowest BCUT2D eigenvalue weighted by atomic mass is 10.1. The first kappa shape index (κ1) is 16.2. The van der Waals surface area contributed by atoms with Gasteiger partial charge in [0.1, 0.15) is 11.4 Å². The number of aliphatic carboxylic acids is 1. The molecule has 1 fully saturated rings. The fraction of sp³-hybridized carbons (Fsp3) is 0.467. The van der Waals surface area contributed by atoms with Crippen LogP contribution in [-0.4, -0.2) is 33.7 Å². The highest BCUT2D eigenvalue weighted by Gasteiger charge is 2.41. The van der Waals surface area contributed by atoms with Crippen LogP contribution < -0.4 is 0 Å². The van der Waals surface area contributed by atoms with E-state index in [-0.39, 0.29) is 11.3 Å². The van der Waals surface area contributed by atoms with Crippen molar-refractivity contribution in [2.75, 3.05) is 5.75 Å². The number of amides is 1. The van der Waals surface area contributed by atoms with Gasteiger partial charge in [-0.2, -0.15) is 0 Å². The lowest BCUT2D eigenvalue weighted by molar-refractivity contribution is -0.149. The second kappa shape index (κ2) is 7.18. The number of nitrogens with zero attached hydrogens (tertiary/aromatic N) is 1. The molecule has 0 aromatic heterocycles. The zero-order valence-electron chi connectivity index (χ0n) is 11.8. The Labute approximate surface area is 133 Å². The molecule has 0 spiro atoms. The second-order valence-corrected chi connectivity index (χ2v) is 6.55. The van der Waals surface area contributed by atoms with Crippen LogP contribution in [0.1, 0.15) is 37.1 Å². The summed E-state index contributed by atoms with van der Waals surface area (Å²) < 4.78 is 0. The van der Waals surface area contributed by atoms with Gasteiger partial charge in [0.15, 0.2) is 0 Å². The molecule has 1 saturated heterocycles. The topological polar surface area (TPSA) is 57.6 Å². The Morgan fingerprint density at radius 3 is 2.86 bits per heavy atom. The maximum absolute atomic E-state index is 12.4. The molecule has 0 saturated carbocycles. The summed E-state index contributed by atoms with van der Waals surface area (Å²) in [6.45, 7) is 2.01. The zero-order chi connectivity index (χ0) is 15.4. The minimum Gasteiger partial charge on any atom is -0.480 e. The number of halogens is 1. The van der Waals surface area contributed by atoms with Crippen molar-refractivity contribution in [2.45, 2.75) is 37.6 Å². The van der Waals surface area contributed by atoms with Crippen molar-refractivity contribution in [2.24, 2.45) is 0 Å². The minimum absolute atomic E-state index is 0.0979. The molecule has 1 heterocycles. The van der Waals surface area contributed by atoms with Crippen LogP contribution in [0.4, 0.5) is 0 Å². The van der Waals surface area contributed by atoms with Crippen molar-refractivity contribution in [1.82, 2.24) is 4.90 Å². The monoisotopic (exact) mass is 327 g/mol. The van der Waals surface area contributed by atoms with Crippen molar-refractivity contribution >= 4 is 35.2 Å². The van der Waals surface area contributed by atoms with Gasteiger partial charge in [0.05, 0.1) is 0 Å². The Morgan fingerprint density at radius 2 is 2.24 bits per heavy atom. The van der Waals surface area contributed by atoms with E-state index in [1.807, 2.05) is 19.1 Å². The smallest absolute Gasteiger partial charge is 0.327 e. The van der Waals surface area contributed by atoms with Gasteiger partial charge in [0, 0.05) is 17.2 Å². The Kier molecular flexibility index (Phi) is 5.53. The number of unbranched alkanes of at least 4 members (excludes halogenated alkanes) is 1. The predicted molar refractivity (Wildman–Crippen MR) is 84.4 cm³/mol. The highest BCUT2D eigenvalue weighted by molar-refractivity contribution is 7.99. The molecule has 0 bridgehead atoms. The first-order chi connectivity index (χ1) is 10.0. The molecule has 0 aliphatic carbocycles. The van der Waals surface area contributed by atoms with Crippen molar-refractivity contribution in [3.63, 3.8) is 0 Å². The van der Waals surface area contributed by atoms with Crippen LogP contribution in [0.15, 0.2) is 24.3 Å². The summed E-state index contributed by atoms with van der Waals surface area (Å²) in [5.41, 5.74) is 0.876. The van der Waals surface area contributed by atoms with Gasteiger partial charge in [-0.15, -0.1) is 11.8 Å². The maximum Gasteiger partial charge on any atom is 0.327 e. The molecule has 6 heteroatoms. The third-order valence-corrected chi connectivity index (χ3v) is 5.01. The molecule has 114 valence electrons. The van der Waals surface area contributed by atoms with Crippen molar-refractivity contribution in [1.29, 1.82) is 0 Å². The van der Waals surface area contributed by atoms with E-state index in [1.165, 1.54) is 16.7 Å². The summed E-state index contributed by atoms with van der Waals surface area (Å²) >= 11 is 7.48. The van der Waals surface area contributed by atoms with Gasteiger partial charge in [0.25, 0.3) is 0 Å². The fourth-order valence-corrected chi connectivity index (χ4v) is 4.01. The van der Waals surface area contributed by atoms with E-state index < -0.39 is 12.0 Å². The molecule has 1 aromatic carbocycles. The third-order valence-electron chi connectivity index (χ3n) is 3.45. The summed E-state index contributed by atoms with van der Waals surface area (Å²) in [5, 5.41) is 9.67. The molecule has 1 aromatic rings. The molecular weight excluding hydrogens is 310 g/mol. The van der Waals surface area contributed by atoms with Gasteiger partial charge in [0.2, 0.25) is 5.91 Å². The van der Waals surface area contributed by atoms with Crippen molar-refractivity contribution in [3.8, 4) is 0 Å². The summed E-state index contributed by atoms with van der Waals surface area (Å²) in [7, 11) is 0. The van der Waals surface area contributed by atoms with Crippen LogP contribution >= 0.6 is 23.4 Å². The normalized spacial score (nSPS) is 21.5. The summed E-state index contributed by atoms with van der Waals surface area (Å²) in [6.07, 6.45) is 2.07. The van der Waals surface area contributed by atoms with Gasteiger partial charge in [-0.05, 0) is 24.1 Å². The Balaban J connectivity index is 2.27. The van der Waals surface area contributed by atoms with E-state index in [4.69, 9.17) is 11.6 Å². The third kappa shape index (κ3) is 3.71. The quantitative estimate of drug-likeness (QED) is 0.898. The zero-order valence-corrected chi connectivity index (χ0v) is 13.4. The Bertz CT molecular complexity index is 537. The number of benzene rings is 1. The molecule has 1 amide bonds. The number of thioether (sulfide) groups is 1. The predicted octanol–water partition coefficient (Wildman–Crippen LogP) is 3.56. The number of hydrogen-bond donors (Lipinski definition) is 1. The number of carboxylic acids is 1. The van der Waals surface area contributed by atoms with Crippen molar-refractivity contribution in [3.05, 3.63) is 34.9 Å². The van der Waals surface area contributed by atoms with E-state index in [1.54, 1.807) is 12.1 Å². The van der Waals surface area contributed by atoms with Crippen LogP contribution in [0.3, 0.4) is 0 Å². The molecule has 4 nitrogen and oxygen atoms in total. The van der Waals surface area contributed by atoms with E-state index in [0.717, 1.165) is 18.4 Å². The average Bonchev–Trinajstić information content (AvgIpc) is 2.89. The lowest BCUT2D eigenvalue weighted by Gasteiger charge is -2.27. The van der Waals surface area contributed by atoms with E-state index >= 15 is 0 Å². The highest BCUT2D eigenvalue weighted by atomic mass is 35.5. The van der Waals surface area contributed by atoms with Gasteiger partial charge >= 0.3 is 5.97 Å². The number of hydrogen-bond acceptors (Lipinski definition) is 3. The van der Waals surface area contributed by atoms with Crippen LogP contribution in [-0.2, 0) is 9.59 Å². The first-order valence-electron chi connectivity index (χ1n) is 6.95. The number of carboxylic acid groups (broad SMARTS) is 1. The maximum atomic E-state index is 12.4. The minimum atomic E-state index is -0.947.